The predicted octanol–water partition coefficient (Wildman–Crippen LogP) is 4.10. The Bertz CT molecular complexity index is 485. The minimum atomic E-state index is -0.460. The van der Waals surface area contributed by atoms with Crippen molar-refractivity contribution in [1.82, 2.24) is 0 Å². The summed E-state index contributed by atoms with van der Waals surface area (Å²) < 4.78 is 0. The summed E-state index contributed by atoms with van der Waals surface area (Å²) >= 11 is 1.64. The molecule has 1 aliphatic carbocycles. The largest absolute Gasteiger partial charge is 0.384 e. The van der Waals surface area contributed by atoms with Gasteiger partial charge in [-0.15, -0.1) is 0 Å². The van der Waals surface area contributed by atoms with Gasteiger partial charge in [0.15, 0.2) is 0 Å². The highest BCUT2D eigenvalue weighted by atomic mass is 32.1. The van der Waals surface area contributed by atoms with E-state index in [0.29, 0.717) is 5.92 Å². The second kappa shape index (κ2) is 4.63. The Morgan fingerprint density at radius 2 is 2.00 bits per heavy atom. The summed E-state index contributed by atoms with van der Waals surface area (Å²) in [6.07, 6.45) is 3.41. The van der Waals surface area contributed by atoms with Crippen molar-refractivity contribution in [2.75, 3.05) is 0 Å². The number of hydrogen-bond acceptors (Lipinski definition) is 2. The first-order valence-electron chi connectivity index (χ1n) is 6.15. The third-order valence-corrected chi connectivity index (χ3v) is 4.40. The first-order valence-corrected chi connectivity index (χ1v) is 7.09. The fourth-order valence-electron chi connectivity index (χ4n) is 2.46. The summed E-state index contributed by atoms with van der Waals surface area (Å²) in [7, 11) is 0. The lowest BCUT2D eigenvalue weighted by Gasteiger charge is -2.29. The van der Waals surface area contributed by atoms with Gasteiger partial charge in [0, 0.05) is 0 Å². The Hall–Kier alpha value is -1.12. The molecule has 0 bridgehead atoms. The van der Waals surface area contributed by atoms with E-state index in [-0.39, 0.29) is 0 Å². The normalized spacial score (nSPS) is 17.7. The van der Waals surface area contributed by atoms with Crippen LogP contribution in [0.4, 0.5) is 0 Å². The zero-order chi connectivity index (χ0) is 11.7. The molecule has 1 atom stereocenters. The maximum atomic E-state index is 10.4. The van der Waals surface area contributed by atoms with Crippen LogP contribution in [0.5, 0.6) is 0 Å². The van der Waals surface area contributed by atoms with Crippen LogP contribution in [0.3, 0.4) is 0 Å². The molecule has 1 nitrogen and oxygen atoms in total. The van der Waals surface area contributed by atoms with Gasteiger partial charge in [-0.1, -0.05) is 30.7 Å². The topological polar surface area (TPSA) is 20.2 Å². The van der Waals surface area contributed by atoms with Crippen molar-refractivity contribution < 1.29 is 5.11 Å². The molecule has 1 aromatic carbocycles. The molecule has 1 heterocycles. The summed E-state index contributed by atoms with van der Waals surface area (Å²) in [4.78, 5) is 0. The Labute approximate surface area is 106 Å². The van der Waals surface area contributed by atoms with E-state index in [0.717, 1.165) is 11.1 Å². The van der Waals surface area contributed by atoms with Crippen LogP contribution < -0.4 is 0 Å². The van der Waals surface area contributed by atoms with Crippen LogP contribution in [-0.4, -0.2) is 5.11 Å². The first kappa shape index (κ1) is 11.0. The molecule has 1 N–H and O–H groups in total. The number of hydrogen-bond donors (Lipinski definition) is 1. The Balaban J connectivity index is 1.96. The van der Waals surface area contributed by atoms with Gasteiger partial charge in [0.25, 0.3) is 0 Å². The molecule has 1 aromatic heterocycles. The summed E-state index contributed by atoms with van der Waals surface area (Å²) in [5.41, 5.74) is 3.45. The molecule has 0 spiro atoms. The van der Waals surface area contributed by atoms with E-state index < -0.39 is 6.10 Å². The zero-order valence-electron chi connectivity index (χ0n) is 9.67. The summed E-state index contributed by atoms with van der Waals surface area (Å²) in [5, 5.41) is 14.5. The third-order valence-electron chi connectivity index (χ3n) is 3.69. The summed E-state index contributed by atoms with van der Waals surface area (Å²) in [6, 6.07) is 10.3. The van der Waals surface area contributed by atoms with Gasteiger partial charge < -0.3 is 5.11 Å². The van der Waals surface area contributed by atoms with Crippen molar-refractivity contribution in [2.45, 2.75) is 31.3 Å². The standard InChI is InChI=1S/C15H16OS/c16-15(12-8-9-17-10-12)14-7-2-1-6-13(14)11-4-3-5-11/h1-2,6-11,15-16H,3-5H2. The number of benzene rings is 1. The molecule has 1 unspecified atom stereocenters. The van der Waals surface area contributed by atoms with Crippen molar-refractivity contribution in [1.29, 1.82) is 0 Å². The first-order chi connectivity index (χ1) is 8.36. The molecule has 88 valence electrons. The number of rotatable bonds is 3. The predicted molar refractivity (Wildman–Crippen MR) is 71.4 cm³/mol. The summed E-state index contributed by atoms with van der Waals surface area (Å²) in [5.74, 6) is 0.666. The monoisotopic (exact) mass is 244 g/mol. The quantitative estimate of drug-likeness (QED) is 0.862. The van der Waals surface area contributed by atoms with Gasteiger partial charge >= 0.3 is 0 Å². The zero-order valence-corrected chi connectivity index (χ0v) is 10.5. The Morgan fingerprint density at radius 3 is 2.65 bits per heavy atom. The molecule has 2 heteroatoms. The van der Waals surface area contributed by atoms with Gasteiger partial charge in [-0.25, -0.2) is 0 Å². The minimum absolute atomic E-state index is 0.460. The molecule has 1 aliphatic rings. The lowest BCUT2D eigenvalue weighted by Crippen LogP contribution is -2.13. The van der Waals surface area contributed by atoms with Crippen LogP contribution in [0, 0.1) is 0 Å². The van der Waals surface area contributed by atoms with E-state index in [1.54, 1.807) is 11.3 Å². The van der Waals surface area contributed by atoms with Crippen molar-refractivity contribution in [3.63, 3.8) is 0 Å². The van der Waals surface area contributed by atoms with Gasteiger partial charge in [0.05, 0.1) is 0 Å². The van der Waals surface area contributed by atoms with E-state index in [1.165, 1.54) is 24.8 Å². The average molecular weight is 244 g/mol. The van der Waals surface area contributed by atoms with E-state index >= 15 is 0 Å². The number of aliphatic hydroxyl groups is 1. The molecule has 3 rings (SSSR count). The molecule has 2 aromatic rings. The highest BCUT2D eigenvalue weighted by Crippen LogP contribution is 2.40. The molecule has 0 saturated heterocycles. The molecule has 17 heavy (non-hydrogen) atoms. The number of aliphatic hydroxyl groups excluding tert-OH is 1. The number of thiophene rings is 1. The highest BCUT2D eigenvalue weighted by molar-refractivity contribution is 7.07. The molecule has 1 saturated carbocycles. The average Bonchev–Trinajstić information content (AvgIpc) is 2.80. The van der Waals surface area contributed by atoms with Crippen LogP contribution in [0.2, 0.25) is 0 Å². The highest BCUT2D eigenvalue weighted by Gasteiger charge is 2.24. The van der Waals surface area contributed by atoms with Gasteiger partial charge in [0.1, 0.15) is 6.10 Å². The van der Waals surface area contributed by atoms with E-state index in [4.69, 9.17) is 0 Å². The van der Waals surface area contributed by atoms with Crippen molar-refractivity contribution in [3.05, 3.63) is 57.8 Å². The van der Waals surface area contributed by atoms with E-state index in [2.05, 4.69) is 18.2 Å². The van der Waals surface area contributed by atoms with Gasteiger partial charge in [0.2, 0.25) is 0 Å². The van der Waals surface area contributed by atoms with E-state index in [1.807, 2.05) is 22.9 Å². The van der Waals surface area contributed by atoms with Crippen molar-refractivity contribution in [3.8, 4) is 0 Å². The lowest BCUT2D eigenvalue weighted by atomic mass is 9.77. The van der Waals surface area contributed by atoms with Gasteiger partial charge in [-0.2, -0.15) is 11.3 Å². The molecule has 0 radical (unpaired) electrons. The maximum Gasteiger partial charge on any atom is 0.105 e. The van der Waals surface area contributed by atoms with Crippen molar-refractivity contribution in [2.24, 2.45) is 0 Å². The van der Waals surface area contributed by atoms with Crippen molar-refractivity contribution >= 4 is 11.3 Å². The minimum Gasteiger partial charge on any atom is -0.384 e. The Morgan fingerprint density at radius 1 is 1.18 bits per heavy atom. The Kier molecular flexibility index (Phi) is 3.00. The molecule has 1 fully saturated rings. The van der Waals surface area contributed by atoms with Gasteiger partial charge in [-0.3, -0.25) is 0 Å². The van der Waals surface area contributed by atoms with E-state index in [9.17, 15) is 5.11 Å². The fourth-order valence-corrected chi connectivity index (χ4v) is 3.14. The lowest BCUT2D eigenvalue weighted by molar-refractivity contribution is 0.217. The molecular weight excluding hydrogens is 228 g/mol. The fraction of sp³-hybridized carbons (Fsp3) is 0.333. The maximum absolute atomic E-state index is 10.4. The smallest absolute Gasteiger partial charge is 0.105 e. The van der Waals surface area contributed by atoms with Crippen LogP contribution >= 0.6 is 11.3 Å². The van der Waals surface area contributed by atoms with Gasteiger partial charge in [-0.05, 0) is 52.3 Å². The SMILES string of the molecule is OC(c1ccsc1)c1ccccc1C1CCC1. The third kappa shape index (κ3) is 2.03. The van der Waals surface area contributed by atoms with Crippen LogP contribution in [0.1, 0.15) is 48.0 Å². The summed E-state index contributed by atoms with van der Waals surface area (Å²) in [6.45, 7) is 0. The van der Waals surface area contributed by atoms with Crippen LogP contribution in [0.25, 0.3) is 0 Å². The molecule has 0 aliphatic heterocycles. The molecule has 0 amide bonds. The van der Waals surface area contributed by atoms with Crippen LogP contribution in [-0.2, 0) is 0 Å². The molecular formula is C15H16OS. The van der Waals surface area contributed by atoms with Crippen LogP contribution in [0.15, 0.2) is 41.1 Å². The second-order valence-electron chi connectivity index (χ2n) is 4.72. The second-order valence-corrected chi connectivity index (χ2v) is 5.50.